The SMILES string of the molecule is c1ccc(Oc2ccc(CCCCCNCc3cnc[nH]3)cc2)cc1. The average Bonchev–Trinajstić information content (AvgIpc) is 3.17. The molecular weight excluding hydrogens is 310 g/mol. The van der Waals surface area contributed by atoms with E-state index in [0.717, 1.165) is 36.7 Å². The quantitative estimate of drug-likeness (QED) is 0.528. The van der Waals surface area contributed by atoms with Crippen molar-refractivity contribution in [1.29, 1.82) is 0 Å². The van der Waals surface area contributed by atoms with Crippen LogP contribution in [0.1, 0.15) is 30.5 Å². The summed E-state index contributed by atoms with van der Waals surface area (Å²) in [5.41, 5.74) is 2.50. The molecule has 0 amide bonds. The van der Waals surface area contributed by atoms with Crippen molar-refractivity contribution in [2.24, 2.45) is 0 Å². The smallest absolute Gasteiger partial charge is 0.127 e. The number of ether oxygens (including phenoxy) is 1. The standard InChI is InChI=1S/C21H25N3O/c1-4-8-20(9-5-1)25-21-12-10-18(11-13-21)7-3-2-6-14-22-15-19-16-23-17-24-19/h1,4-5,8-13,16-17,22H,2-3,6-7,14-15H2,(H,23,24). The molecule has 0 aliphatic rings. The van der Waals surface area contributed by atoms with Crippen LogP contribution in [0.2, 0.25) is 0 Å². The Labute approximate surface area is 149 Å². The van der Waals surface area contributed by atoms with Crippen molar-refractivity contribution in [3.63, 3.8) is 0 Å². The molecule has 0 fully saturated rings. The van der Waals surface area contributed by atoms with Crippen LogP contribution in [-0.4, -0.2) is 16.5 Å². The minimum atomic E-state index is 0.864. The second-order valence-corrected chi connectivity index (χ2v) is 6.12. The molecule has 0 spiro atoms. The summed E-state index contributed by atoms with van der Waals surface area (Å²) in [6.07, 6.45) is 8.34. The molecule has 2 aromatic carbocycles. The zero-order chi connectivity index (χ0) is 17.2. The number of H-pyrrole nitrogens is 1. The van der Waals surface area contributed by atoms with Crippen LogP contribution in [0.3, 0.4) is 0 Å². The van der Waals surface area contributed by atoms with Crippen LogP contribution < -0.4 is 10.1 Å². The van der Waals surface area contributed by atoms with E-state index in [1.807, 2.05) is 48.7 Å². The van der Waals surface area contributed by atoms with Gasteiger partial charge in [-0.25, -0.2) is 4.98 Å². The molecule has 0 aliphatic heterocycles. The number of benzene rings is 2. The van der Waals surface area contributed by atoms with Gasteiger partial charge in [0.1, 0.15) is 11.5 Å². The van der Waals surface area contributed by atoms with Gasteiger partial charge in [-0.1, -0.05) is 36.8 Å². The van der Waals surface area contributed by atoms with E-state index in [-0.39, 0.29) is 0 Å². The highest BCUT2D eigenvalue weighted by atomic mass is 16.5. The number of nitrogens with zero attached hydrogens (tertiary/aromatic N) is 1. The number of hydrogen-bond donors (Lipinski definition) is 2. The summed E-state index contributed by atoms with van der Waals surface area (Å²) >= 11 is 0. The molecule has 4 nitrogen and oxygen atoms in total. The summed E-state index contributed by atoms with van der Waals surface area (Å²) < 4.78 is 5.82. The number of para-hydroxylation sites is 1. The first-order valence-corrected chi connectivity index (χ1v) is 8.90. The molecule has 0 unspecified atom stereocenters. The van der Waals surface area contributed by atoms with Crippen LogP contribution in [0.15, 0.2) is 67.1 Å². The lowest BCUT2D eigenvalue weighted by atomic mass is 10.1. The normalized spacial score (nSPS) is 10.7. The lowest BCUT2D eigenvalue weighted by Gasteiger charge is -2.07. The van der Waals surface area contributed by atoms with E-state index >= 15 is 0 Å². The van der Waals surface area contributed by atoms with Crippen LogP contribution in [0, 0.1) is 0 Å². The van der Waals surface area contributed by atoms with Gasteiger partial charge in [0.25, 0.3) is 0 Å². The van der Waals surface area contributed by atoms with Gasteiger partial charge in [-0.15, -0.1) is 0 Å². The van der Waals surface area contributed by atoms with Crippen molar-refractivity contribution in [2.45, 2.75) is 32.2 Å². The monoisotopic (exact) mass is 335 g/mol. The topological polar surface area (TPSA) is 49.9 Å². The summed E-state index contributed by atoms with van der Waals surface area (Å²) in [5.74, 6) is 1.76. The molecule has 0 aliphatic carbocycles. The number of nitrogens with one attached hydrogen (secondary N) is 2. The molecule has 0 bridgehead atoms. The highest BCUT2D eigenvalue weighted by Gasteiger charge is 1.98. The Kier molecular flexibility index (Phi) is 6.65. The Morgan fingerprint density at radius 2 is 1.68 bits per heavy atom. The van der Waals surface area contributed by atoms with Gasteiger partial charge in [0, 0.05) is 18.4 Å². The van der Waals surface area contributed by atoms with E-state index in [0.29, 0.717) is 0 Å². The maximum absolute atomic E-state index is 5.82. The minimum absolute atomic E-state index is 0.864. The Hall–Kier alpha value is -2.59. The molecule has 1 aromatic heterocycles. The van der Waals surface area contributed by atoms with Gasteiger partial charge in [-0.3, -0.25) is 0 Å². The average molecular weight is 335 g/mol. The van der Waals surface area contributed by atoms with Crippen molar-refractivity contribution in [1.82, 2.24) is 15.3 Å². The number of aromatic amines is 1. The zero-order valence-corrected chi connectivity index (χ0v) is 14.4. The van der Waals surface area contributed by atoms with Gasteiger partial charge in [-0.05, 0) is 55.6 Å². The fourth-order valence-electron chi connectivity index (χ4n) is 2.71. The molecule has 3 rings (SSSR count). The largest absolute Gasteiger partial charge is 0.457 e. The molecule has 0 saturated carbocycles. The number of imidazole rings is 1. The molecule has 3 aromatic rings. The predicted molar refractivity (Wildman–Crippen MR) is 101 cm³/mol. The van der Waals surface area contributed by atoms with Crippen LogP contribution in [0.25, 0.3) is 0 Å². The lowest BCUT2D eigenvalue weighted by Crippen LogP contribution is -2.14. The molecule has 2 N–H and O–H groups in total. The zero-order valence-electron chi connectivity index (χ0n) is 14.4. The first-order chi connectivity index (χ1) is 12.4. The van der Waals surface area contributed by atoms with Gasteiger partial charge in [0.05, 0.1) is 6.33 Å². The number of aromatic nitrogens is 2. The summed E-state index contributed by atoms with van der Waals surface area (Å²) in [7, 11) is 0. The molecule has 0 saturated heterocycles. The first kappa shape index (κ1) is 17.2. The first-order valence-electron chi connectivity index (χ1n) is 8.90. The van der Waals surface area contributed by atoms with Crippen LogP contribution in [0.5, 0.6) is 11.5 Å². The highest BCUT2D eigenvalue weighted by molar-refractivity contribution is 5.32. The van der Waals surface area contributed by atoms with Gasteiger partial charge in [0.2, 0.25) is 0 Å². The Balaban J connectivity index is 1.29. The third-order valence-corrected chi connectivity index (χ3v) is 4.09. The van der Waals surface area contributed by atoms with Crippen molar-refractivity contribution in [2.75, 3.05) is 6.54 Å². The van der Waals surface area contributed by atoms with E-state index in [9.17, 15) is 0 Å². The molecule has 4 heteroatoms. The van der Waals surface area contributed by atoms with Gasteiger partial charge in [0.15, 0.2) is 0 Å². The summed E-state index contributed by atoms with van der Waals surface area (Å²) in [4.78, 5) is 7.11. The van der Waals surface area contributed by atoms with Gasteiger partial charge in [-0.2, -0.15) is 0 Å². The second kappa shape index (κ2) is 9.64. The number of rotatable bonds is 10. The van der Waals surface area contributed by atoms with Crippen molar-refractivity contribution >= 4 is 0 Å². The molecule has 0 atom stereocenters. The number of aryl methyl sites for hydroxylation is 1. The maximum Gasteiger partial charge on any atom is 0.127 e. The number of unbranched alkanes of at least 4 members (excludes halogenated alkanes) is 2. The van der Waals surface area contributed by atoms with Crippen molar-refractivity contribution in [3.8, 4) is 11.5 Å². The summed E-state index contributed by atoms with van der Waals surface area (Å²) in [6, 6.07) is 18.3. The van der Waals surface area contributed by atoms with Crippen molar-refractivity contribution < 1.29 is 4.74 Å². The molecule has 130 valence electrons. The second-order valence-electron chi connectivity index (χ2n) is 6.12. The highest BCUT2D eigenvalue weighted by Crippen LogP contribution is 2.21. The van der Waals surface area contributed by atoms with E-state index in [2.05, 4.69) is 27.4 Å². The Morgan fingerprint density at radius 1 is 0.880 bits per heavy atom. The maximum atomic E-state index is 5.82. The predicted octanol–water partition coefficient (Wildman–Crippen LogP) is 4.70. The lowest BCUT2D eigenvalue weighted by molar-refractivity contribution is 0.482. The molecule has 0 radical (unpaired) electrons. The fourth-order valence-corrected chi connectivity index (χ4v) is 2.71. The van der Waals surface area contributed by atoms with Crippen LogP contribution in [-0.2, 0) is 13.0 Å². The van der Waals surface area contributed by atoms with Crippen molar-refractivity contribution in [3.05, 3.63) is 78.4 Å². The molecule has 25 heavy (non-hydrogen) atoms. The summed E-state index contributed by atoms with van der Waals surface area (Å²) in [5, 5.41) is 3.43. The minimum Gasteiger partial charge on any atom is -0.457 e. The summed E-state index contributed by atoms with van der Waals surface area (Å²) in [6.45, 7) is 1.91. The Morgan fingerprint density at radius 3 is 2.44 bits per heavy atom. The third-order valence-electron chi connectivity index (χ3n) is 4.09. The van der Waals surface area contributed by atoms with E-state index < -0.39 is 0 Å². The Bertz CT molecular complexity index is 709. The molecule has 1 heterocycles. The third kappa shape index (κ3) is 6.08. The fraction of sp³-hybridized carbons (Fsp3) is 0.286. The van der Waals surface area contributed by atoms with Gasteiger partial charge < -0.3 is 15.0 Å². The number of hydrogen-bond acceptors (Lipinski definition) is 3. The van der Waals surface area contributed by atoms with Gasteiger partial charge >= 0.3 is 0 Å². The van der Waals surface area contributed by atoms with E-state index in [1.165, 1.54) is 24.8 Å². The van der Waals surface area contributed by atoms with E-state index in [4.69, 9.17) is 4.74 Å². The van der Waals surface area contributed by atoms with E-state index in [1.54, 1.807) is 6.33 Å². The van der Waals surface area contributed by atoms with Crippen LogP contribution >= 0.6 is 0 Å². The van der Waals surface area contributed by atoms with Crippen LogP contribution in [0.4, 0.5) is 0 Å². The molecular formula is C21H25N3O.